The predicted octanol–water partition coefficient (Wildman–Crippen LogP) is 2.48. The smallest absolute Gasteiger partial charge is 0.131 e. The van der Waals surface area contributed by atoms with E-state index >= 15 is 0 Å². The summed E-state index contributed by atoms with van der Waals surface area (Å²) in [5.74, 6) is 2.05. The van der Waals surface area contributed by atoms with Gasteiger partial charge in [0.2, 0.25) is 0 Å². The molecule has 1 fully saturated rings. The van der Waals surface area contributed by atoms with Crippen LogP contribution in [0.1, 0.15) is 37.3 Å². The first kappa shape index (κ1) is 12.4. The molecule has 2 N–H and O–H groups in total. The average molecular weight is 233 g/mol. The highest BCUT2D eigenvalue weighted by Gasteiger charge is 2.25. The van der Waals surface area contributed by atoms with Crippen molar-refractivity contribution in [1.82, 2.24) is 4.98 Å². The standard InChI is InChI=1S/C14H23N3/c1-3-6-17(10-12-4-5-12)14-11(2)7-13(8-15)9-16-14/h7,9,12H,3-6,8,10,15H2,1-2H3. The van der Waals surface area contributed by atoms with Crippen LogP contribution in [0.25, 0.3) is 0 Å². The number of aromatic nitrogens is 1. The molecule has 0 atom stereocenters. The van der Waals surface area contributed by atoms with E-state index in [0.717, 1.165) is 23.8 Å². The van der Waals surface area contributed by atoms with E-state index in [0.29, 0.717) is 6.54 Å². The molecule has 1 heterocycles. The van der Waals surface area contributed by atoms with E-state index in [9.17, 15) is 0 Å². The van der Waals surface area contributed by atoms with Gasteiger partial charge in [0.1, 0.15) is 5.82 Å². The lowest BCUT2D eigenvalue weighted by atomic mass is 10.2. The van der Waals surface area contributed by atoms with Crippen molar-refractivity contribution in [2.45, 2.75) is 39.7 Å². The SMILES string of the molecule is CCCN(CC1CC1)c1ncc(CN)cc1C. The molecule has 0 bridgehead atoms. The number of pyridine rings is 1. The molecule has 1 aliphatic carbocycles. The summed E-state index contributed by atoms with van der Waals surface area (Å²) < 4.78 is 0. The highest BCUT2D eigenvalue weighted by molar-refractivity contribution is 5.47. The number of anilines is 1. The highest BCUT2D eigenvalue weighted by Crippen LogP contribution is 2.31. The quantitative estimate of drug-likeness (QED) is 0.820. The Hall–Kier alpha value is -1.09. The van der Waals surface area contributed by atoms with Crippen molar-refractivity contribution in [1.29, 1.82) is 0 Å². The Kier molecular flexibility index (Phi) is 4.00. The first-order valence-corrected chi connectivity index (χ1v) is 6.65. The lowest BCUT2D eigenvalue weighted by Gasteiger charge is -2.25. The molecule has 0 radical (unpaired) electrons. The minimum atomic E-state index is 0.574. The van der Waals surface area contributed by atoms with Crippen molar-refractivity contribution in [3.63, 3.8) is 0 Å². The van der Waals surface area contributed by atoms with Gasteiger partial charge in [-0.15, -0.1) is 0 Å². The Morgan fingerprint density at radius 2 is 2.24 bits per heavy atom. The van der Waals surface area contributed by atoms with Gasteiger partial charge in [-0.2, -0.15) is 0 Å². The third-order valence-corrected chi connectivity index (χ3v) is 3.31. The number of nitrogens with zero attached hydrogens (tertiary/aromatic N) is 2. The van der Waals surface area contributed by atoms with E-state index in [4.69, 9.17) is 5.73 Å². The van der Waals surface area contributed by atoms with Crippen LogP contribution >= 0.6 is 0 Å². The third kappa shape index (κ3) is 3.19. The van der Waals surface area contributed by atoms with Crippen LogP contribution in [-0.4, -0.2) is 18.1 Å². The van der Waals surface area contributed by atoms with Crippen LogP contribution in [0.3, 0.4) is 0 Å². The second kappa shape index (κ2) is 5.50. The van der Waals surface area contributed by atoms with Crippen LogP contribution < -0.4 is 10.6 Å². The molecule has 94 valence electrons. The van der Waals surface area contributed by atoms with Gasteiger partial charge < -0.3 is 10.6 Å². The van der Waals surface area contributed by atoms with Gasteiger partial charge in [-0.25, -0.2) is 4.98 Å². The summed E-state index contributed by atoms with van der Waals surface area (Å²) in [6, 6.07) is 2.16. The Labute approximate surface area is 104 Å². The molecule has 17 heavy (non-hydrogen) atoms. The van der Waals surface area contributed by atoms with Crippen LogP contribution in [-0.2, 0) is 6.54 Å². The Bertz CT molecular complexity index is 372. The van der Waals surface area contributed by atoms with Gasteiger partial charge in [0.25, 0.3) is 0 Å². The molecule has 1 aliphatic rings. The molecule has 3 heteroatoms. The van der Waals surface area contributed by atoms with Gasteiger partial charge in [0, 0.05) is 25.8 Å². The maximum Gasteiger partial charge on any atom is 0.131 e. The van der Waals surface area contributed by atoms with Crippen molar-refractivity contribution < 1.29 is 0 Å². The minimum Gasteiger partial charge on any atom is -0.356 e. The first-order valence-electron chi connectivity index (χ1n) is 6.65. The zero-order chi connectivity index (χ0) is 12.3. The number of aryl methyl sites for hydroxylation is 1. The second-order valence-electron chi connectivity index (χ2n) is 5.08. The van der Waals surface area contributed by atoms with Crippen LogP contribution in [0.4, 0.5) is 5.82 Å². The monoisotopic (exact) mass is 233 g/mol. The van der Waals surface area contributed by atoms with Crippen molar-refractivity contribution in [3.8, 4) is 0 Å². The van der Waals surface area contributed by atoms with Crippen molar-refractivity contribution in [2.75, 3.05) is 18.0 Å². The van der Waals surface area contributed by atoms with Gasteiger partial charge in [0.15, 0.2) is 0 Å². The topological polar surface area (TPSA) is 42.2 Å². The zero-order valence-corrected chi connectivity index (χ0v) is 10.9. The van der Waals surface area contributed by atoms with Crippen LogP contribution in [0, 0.1) is 12.8 Å². The van der Waals surface area contributed by atoms with Crippen LogP contribution in [0.5, 0.6) is 0 Å². The first-order chi connectivity index (χ1) is 8.24. The molecule has 0 aliphatic heterocycles. The summed E-state index contributed by atoms with van der Waals surface area (Å²) in [6.45, 7) is 7.21. The molecular weight excluding hydrogens is 210 g/mol. The largest absolute Gasteiger partial charge is 0.356 e. The van der Waals surface area contributed by atoms with E-state index in [1.807, 2.05) is 6.20 Å². The molecule has 1 saturated carbocycles. The zero-order valence-electron chi connectivity index (χ0n) is 10.9. The van der Waals surface area contributed by atoms with Crippen molar-refractivity contribution in [2.24, 2.45) is 11.7 Å². The molecule has 2 rings (SSSR count). The third-order valence-electron chi connectivity index (χ3n) is 3.31. The summed E-state index contributed by atoms with van der Waals surface area (Å²) in [5, 5.41) is 0. The molecular formula is C14H23N3. The number of rotatable bonds is 6. The normalized spacial score (nSPS) is 15.0. The molecule has 0 amide bonds. The molecule has 1 aromatic heterocycles. The maximum absolute atomic E-state index is 5.64. The molecule has 0 saturated heterocycles. The van der Waals surface area contributed by atoms with Gasteiger partial charge in [-0.3, -0.25) is 0 Å². The Balaban J connectivity index is 2.15. The van der Waals surface area contributed by atoms with Crippen LogP contribution in [0.15, 0.2) is 12.3 Å². The Morgan fingerprint density at radius 3 is 2.76 bits per heavy atom. The highest BCUT2D eigenvalue weighted by atomic mass is 15.2. The van der Waals surface area contributed by atoms with Gasteiger partial charge >= 0.3 is 0 Å². The summed E-state index contributed by atoms with van der Waals surface area (Å²) in [7, 11) is 0. The van der Waals surface area contributed by atoms with Gasteiger partial charge in [0.05, 0.1) is 0 Å². The van der Waals surface area contributed by atoms with Crippen molar-refractivity contribution in [3.05, 3.63) is 23.4 Å². The van der Waals surface area contributed by atoms with E-state index in [2.05, 4.69) is 29.8 Å². The number of hydrogen-bond donors (Lipinski definition) is 1. The molecule has 1 aromatic rings. The fourth-order valence-electron chi connectivity index (χ4n) is 2.23. The second-order valence-corrected chi connectivity index (χ2v) is 5.08. The summed E-state index contributed by atoms with van der Waals surface area (Å²) in [6.07, 6.45) is 5.87. The summed E-state index contributed by atoms with van der Waals surface area (Å²) in [5.41, 5.74) is 8.01. The number of nitrogens with two attached hydrogens (primary N) is 1. The Morgan fingerprint density at radius 1 is 1.47 bits per heavy atom. The molecule has 3 nitrogen and oxygen atoms in total. The van der Waals surface area contributed by atoms with Gasteiger partial charge in [-0.05, 0) is 49.3 Å². The van der Waals surface area contributed by atoms with E-state index in [-0.39, 0.29) is 0 Å². The maximum atomic E-state index is 5.64. The van der Waals surface area contributed by atoms with Crippen LogP contribution in [0.2, 0.25) is 0 Å². The van der Waals surface area contributed by atoms with E-state index < -0.39 is 0 Å². The van der Waals surface area contributed by atoms with E-state index in [1.54, 1.807) is 0 Å². The molecule has 0 aromatic carbocycles. The van der Waals surface area contributed by atoms with E-state index in [1.165, 1.54) is 31.4 Å². The van der Waals surface area contributed by atoms with Gasteiger partial charge in [-0.1, -0.05) is 6.92 Å². The summed E-state index contributed by atoms with van der Waals surface area (Å²) >= 11 is 0. The fraction of sp³-hybridized carbons (Fsp3) is 0.643. The summed E-state index contributed by atoms with van der Waals surface area (Å²) in [4.78, 5) is 7.03. The lowest BCUT2D eigenvalue weighted by Crippen LogP contribution is -2.28. The predicted molar refractivity (Wildman–Crippen MR) is 72.1 cm³/mol. The lowest BCUT2D eigenvalue weighted by molar-refractivity contribution is 0.696. The number of hydrogen-bond acceptors (Lipinski definition) is 3. The fourth-order valence-corrected chi connectivity index (χ4v) is 2.23. The molecule has 0 unspecified atom stereocenters. The average Bonchev–Trinajstić information content (AvgIpc) is 3.12. The van der Waals surface area contributed by atoms with Crippen molar-refractivity contribution >= 4 is 5.82 Å². The minimum absolute atomic E-state index is 0.574. The molecule has 0 spiro atoms.